The van der Waals surface area contributed by atoms with Gasteiger partial charge in [-0.3, -0.25) is 9.78 Å². The van der Waals surface area contributed by atoms with Gasteiger partial charge in [0.1, 0.15) is 18.1 Å². The van der Waals surface area contributed by atoms with E-state index in [2.05, 4.69) is 9.97 Å². The first-order chi connectivity index (χ1) is 14.3. The minimum absolute atomic E-state index is 0.0868. The van der Waals surface area contributed by atoms with E-state index >= 15 is 0 Å². The van der Waals surface area contributed by atoms with Crippen LogP contribution in [0.4, 0.5) is 0 Å². The molecule has 7 heteroatoms. The maximum Gasteiger partial charge on any atom is 0.254 e. The van der Waals surface area contributed by atoms with Gasteiger partial charge in [0.15, 0.2) is 0 Å². The number of nitrogens with zero attached hydrogens (tertiary/aromatic N) is 3. The van der Waals surface area contributed by atoms with E-state index in [4.69, 9.17) is 9.15 Å². The number of carbonyl (C=O) groups excluding carboxylic acids is 1. The molecule has 146 valence electrons. The van der Waals surface area contributed by atoms with E-state index in [0.717, 1.165) is 17.0 Å². The molecule has 0 saturated carbocycles. The summed E-state index contributed by atoms with van der Waals surface area (Å²) in [5, 5.41) is 1.95. The average Bonchev–Trinajstić information content (AvgIpc) is 3.47. The van der Waals surface area contributed by atoms with Crippen molar-refractivity contribution in [1.29, 1.82) is 0 Å². The van der Waals surface area contributed by atoms with E-state index in [1.807, 2.05) is 29.6 Å². The first-order valence-corrected chi connectivity index (χ1v) is 10.0. The number of pyridine rings is 1. The summed E-state index contributed by atoms with van der Waals surface area (Å²) in [5.74, 6) is 1.33. The molecule has 0 aliphatic rings. The molecular weight excluding hydrogens is 386 g/mol. The fourth-order valence-electron chi connectivity index (χ4n) is 2.84. The highest BCUT2D eigenvalue weighted by molar-refractivity contribution is 7.07. The van der Waals surface area contributed by atoms with E-state index in [1.54, 1.807) is 53.3 Å². The normalized spacial score (nSPS) is 10.6. The topological polar surface area (TPSA) is 68.5 Å². The van der Waals surface area contributed by atoms with E-state index in [9.17, 15) is 4.79 Å². The third kappa shape index (κ3) is 5.08. The molecule has 0 unspecified atom stereocenters. The SMILES string of the molecule is O=C(c1ccc(OCc2cscn2)cc1)N(Cc1cccnc1)Cc1ccco1. The Hall–Kier alpha value is -3.45. The minimum atomic E-state index is -0.0868. The van der Waals surface area contributed by atoms with Crippen LogP contribution in [0.15, 0.2) is 82.5 Å². The van der Waals surface area contributed by atoms with Crippen molar-refractivity contribution in [2.24, 2.45) is 0 Å². The van der Waals surface area contributed by atoms with Crippen LogP contribution >= 0.6 is 11.3 Å². The molecule has 0 N–H and O–H groups in total. The van der Waals surface area contributed by atoms with E-state index in [-0.39, 0.29) is 5.91 Å². The highest BCUT2D eigenvalue weighted by atomic mass is 32.1. The number of furan rings is 1. The highest BCUT2D eigenvalue weighted by Crippen LogP contribution is 2.18. The second-order valence-electron chi connectivity index (χ2n) is 6.39. The summed E-state index contributed by atoms with van der Waals surface area (Å²) in [5.41, 5.74) is 4.20. The Labute approximate surface area is 172 Å². The van der Waals surface area contributed by atoms with Crippen molar-refractivity contribution in [3.05, 3.63) is 101 Å². The molecule has 1 amide bonds. The first-order valence-electron chi connectivity index (χ1n) is 9.08. The smallest absolute Gasteiger partial charge is 0.254 e. The quantitative estimate of drug-likeness (QED) is 0.430. The summed E-state index contributed by atoms with van der Waals surface area (Å²) in [6, 6.07) is 14.6. The van der Waals surface area contributed by atoms with Crippen molar-refractivity contribution >= 4 is 17.2 Å². The van der Waals surface area contributed by atoms with Gasteiger partial charge in [0.25, 0.3) is 5.91 Å². The van der Waals surface area contributed by atoms with Gasteiger partial charge in [0.2, 0.25) is 0 Å². The lowest BCUT2D eigenvalue weighted by atomic mass is 10.1. The summed E-state index contributed by atoms with van der Waals surface area (Å²) in [6.07, 6.45) is 5.08. The zero-order valence-corrected chi connectivity index (χ0v) is 16.4. The van der Waals surface area contributed by atoms with Crippen molar-refractivity contribution in [2.45, 2.75) is 19.7 Å². The van der Waals surface area contributed by atoms with Crippen LogP contribution in [0.25, 0.3) is 0 Å². The van der Waals surface area contributed by atoms with Gasteiger partial charge in [-0.1, -0.05) is 6.07 Å². The van der Waals surface area contributed by atoms with Gasteiger partial charge >= 0.3 is 0 Å². The average molecular weight is 405 g/mol. The Morgan fingerprint density at radius 1 is 1.10 bits per heavy atom. The molecule has 0 atom stereocenters. The van der Waals surface area contributed by atoms with Gasteiger partial charge in [-0.25, -0.2) is 4.98 Å². The van der Waals surface area contributed by atoms with Gasteiger partial charge in [-0.05, 0) is 48.0 Å². The molecule has 0 fully saturated rings. The lowest BCUT2D eigenvalue weighted by molar-refractivity contribution is 0.0717. The molecule has 0 radical (unpaired) electrons. The molecule has 0 spiro atoms. The van der Waals surface area contributed by atoms with Crippen LogP contribution in [0.3, 0.4) is 0 Å². The molecule has 0 saturated heterocycles. The molecule has 4 aromatic rings. The van der Waals surface area contributed by atoms with Gasteiger partial charge in [0.05, 0.1) is 24.0 Å². The lowest BCUT2D eigenvalue weighted by Gasteiger charge is -2.22. The number of ether oxygens (including phenoxy) is 1. The van der Waals surface area contributed by atoms with E-state index in [1.165, 1.54) is 11.3 Å². The van der Waals surface area contributed by atoms with Crippen LogP contribution in [-0.2, 0) is 19.7 Å². The zero-order chi connectivity index (χ0) is 19.9. The van der Waals surface area contributed by atoms with E-state index < -0.39 is 0 Å². The Morgan fingerprint density at radius 2 is 2.00 bits per heavy atom. The standard InChI is InChI=1S/C22H19N3O3S/c26-22(18-5-7-20(8-6-18)28-14-19-15-29-16-24-19)25(13-21-4-2-10-27-21)12-17-3-1-9-23-11-17/h1-11,15-16H,12-14H2. The molecule has 0 bridgehead atoms. The third-order valence-corrected chi connectivity index (χ3v) is 4.92. The van der Waals surface area contributed by atoms with Crippen LogP contribution in [0.2, 0.25) is 0 Å². The van der Waals surface area contributed by atoms with Crippen LogP contribution in [0.1, 0.15) is 27.4 Å². The second kappa shape index (κ2) is 9.16. The highest BCUT2D eigenvalue weighted by Gasteiger charge is 2.18. The number of carbonyl (C=O) groups is 1. The summed E-state index contributed by atoms with van der Waals surface area (Å²) in [6.45, 7) is 1.22. The van der Waals surface area contributed by atoms with Gasteiger partial charge in [0, 0.05) is 29.9 Å². The second-order valence-corrected chi connectivity index (χ2v) is 7.11. The number of thiazole rings is 1. The fraction of sp³-hybridized carbons (Fsp3) is 0.136. The summed E-state index contributed by atoms with van der Waals surface area (Å²) < 4.78 is 11.2. The number of hydrogen-bond acceptors (Lipinski definition) is 6. The van der Waals surface area contributed by atoms with Gasteiger partial charge in [-0.15, -0.1) is 11.3 Å². The zero-order valence-electron chi connectivity index (χ0n) is 15.6. The molecule has 29 heavy (non-hydrogen) atoms. The molecule has 6 nitrogen and oxygen atoms in total. The molecule has 0 aliphatic carbocycles. The Morgan fingerprint density at radius 3 is 2.69 bits per heavy atom. The van der Waals surface area contributed by atoms with Gasteiger partial charge < -0.3 is 14.1 Å². The van der Waals surface area contributed by atoms with Crippen LogP contribution in [-0.4, -0.2) is 20.8 Å². The maximum atomic E-state index is 13.1. The van der Waals surface area contributed by atoms with Gasteiger partial charge in [-0.2, -0.15) is 0 Å². The Kier molecular flexibility index (Phi) is 5.97. The Bertz CT molecular complexity index is 1020. The number of benzene rings is 1. The monoisotopic (exact) mass is 405 g/mol. The van der Waals surface area contributed by atoms with E-state index in [0.29, 0.717) is 31.0 Å². The van der Waals surface area contributed by atoms with Crippen LogP contribution in [0, 0.1) is 0 Å². The largest absolute Gasteiger partial charge is 0.487 e. The van der Waals surface area contributed by atoms with Crippen molar-refractivity contribution in [1.82, 2.24) is 14.9 Å². The number of aromatic nitrogens is 2. The van der Waals surface area contributed by atoms with Crippen molar-refractivity contribution in [2.75, 3.05) is 0 Å². The summed E-state index contributed by atoms with van der Waals surface area (Å²) >= 11 is 1.53. The molecule has 4 rings (SSSR count). The minimum Gasteiger partial charge on any atom is -0.487 e. The van der Waals surface area contributed by atoms with Crippen molar-refractivity contribution in [3.8, 4) is 5.75 Å². The molecule has 1 aromatic carbocycles. The number of rotatable bonds is 8. The van der Waals surface area contributed by atoms with Crippen molar-refractivity contribution in [3.63, 3.8) is 0 Å². The molecule has 3 heterocycles. The molecular formula is C22H19N3O3S. The molecule has 0 aliphatic heterocycles. The molecule has 3 aromatic heterocycles. The maximum absolute atomic E-state index is 13.1. The van der Waals surface area contributed by atoms with Crippen LogP contribution in [0.5, 0.6) is 5.75 Å². The lowest BCUT2D eigenvalue weighted by Crippen LogP contribution is -2.30. The summed E-state index contributed by atoms with van der Waals surface area (Å²) in [7, 11) is 0. The Balaban J connectivity index is 1.47. The predicted molar refractivity (Wildman–Crippen MR) is 109 cm³/mol. The van der Waals surface area contributed by atoms with Crippen LogP contribution < -0.4 is 4.74 Å². The third-order valence-electron chi connectivity index (χ3n) is 4.28. The van der Waals surface area contributed by atoms with Crippen molar-refractivity contribution < 1.29 is 13.9 Å². The fourth-order valence-corrected chi connectivity index (χ4v) is 3.39. The number of hydrogen-bond donors (Lipinski definition) is 0. The summed E-state index contributed by atoms with van der Waals surface area (Å²) in [4.78, 5) is 23.2. The number of amides is 1. The predicted octanol–water partition coefficient (Wildman–Crippen LogP) is 4.55. The first kappa shape index (κ1) is 18.9.